The molecule has 0 radical (unpaired) electrons. The summed E-state index contributed by atoms with van der Waals surface area (Å²) in [6.07, 6.45) is 20.2. The molecule has 0 atom stereocenters. The zero-order chi connectivity index (χ0) is 18.5. The van der Waals surface area contributed by atoms with Gasteiger partial charge in [-0.05, 0) is 92.2 Å². The molecule has 2 saturated carbocycles. The summed E-state index contributed by atoms with van der Waals surface area (Å²) < 4.78 is 0. The van der Waals surface area contributed by atoms with Gasteiger partial charge in [0.05, 0.1) is 0 Å². The fourth-order valence-corrected chi connectivity index (χ4v) is 4.46. The average molecular weight is 357 g/mol. The number of phenolic OH excluding ortho intramolecular Hbond substituents is 1. The molecule has 146 valence electrons. The van der Waals surface area contributed by atoms with Crippen LogP contribution in [0.1, 0.15) is 108 Å². The summed E-state index contributed by atoms with van der Waals surface area (Å²) in [5, 5.41) is 10.2. The molecule has 0 heterocycles. The van der Waals surface area contributed by atoms with Gasteiger partial charge in [0.1, 0.15) is 5.75 Å². The molecule has 1 heteroatoms. The van der Waals surface area contributed by atoms with Crippen LogP contribution in [0.25, 0.3) is 0 Å². The second-order valence-electron chi connectivity index (χ2n) is 9.75. The van der Waals surface area contributed by atoms with Gasteiger partial charge in [-0.15, -0.1) is 0 Å². The molecule has 3 rings (SSSR count). The van der Waals surface area contributed by atoms with Gasteiger partial charge in [-0.3, -0.25) is 0 Å². The van der Waals surface area contributed by atoms with Crippen LogP contribution in [0, 0.1) is 10.8 Å². The van der Waals surface area contributed by atoms with Crippen LogP contribution in [0.4, 0.5) is 0 Å². The lowest BCUT2D eigenvalue weighted by molar-refractivity contribution is 0.420. The largest absolute Gasteiger partial charge is 0.508 e. The van der Waals surface area contributed by atoms with Gasteiger partial charge in [0.15, 0.2) is 0 Å². The minimum atomic E-state index is 0.501. The van der Waals surface area contributed by atoms with Crippen LogP contribution < -0.4 is 0 Å². The van der Waals surface area contributed by atoms with Gasteiger partial charge in [-0.2, -0.15) is 0 Å². The molecule has 2 aliphatic carbocycles. The van der Waals surface area contributed by atoms with E-state index in [1.807, 2.05) is 6.07 Å². The van der Waals surface area contributed by atoms with Gasteiger partial charge in [-0.1, -0.05) is 58.1 Å². The van der Waals surface area contributed by atoms with E-state index < -0.39 is 0 Å². The second-order valence-corrected chi connectivity index (χ2v) is 9.75. The summed E-state index contributed by atoms with van der Waals surface area (Å²) in [7, 11) is 0. The van der Waals surface area contributed by atoms with Crippen molar-refractivity contribution in [3.8, 4) is 5.75 Å². The third-order valence-corrected chi connectivity index (χ3v) is 7.35. The Morgan fingerprint density at radius 2 is 1.54 bits per heavy atom. The third kappa shape index (κ3) is 6.03. The predicted molar refractivity (Wildman–Crippen MR) is 112 cm³/mol. The minimum Gasteiger partial charge on any atom is -0.508 e. The first-order chi connectivity index (χ1) is 12.5. The van der Waals surface area contributed by atoms with Crippen molar-refractivity contribution in [1.29, 1.82) is 0 Å². The van der Waals surface area contributed by atoms with E-state index in [9.17, 15) is 5.11 Å². The van der Waals surface area contributed by atoms with Crippen molar-refractivity contribution >= 4 is 0 Å². The Morgan fingerprint density at radius 3 is 2.23 bits per heavy atom. The highest BCUT2D eigenvalue weighted by Gasteiger charge is 2.39. The zero-order valence-electron chi connectivity index (χ0n) is 17.3. The van der Waals surface area contributed by atoms with E-state index in [1.165, 1.54) is 101 Å². The van der Waals surface area contributed by atoms with Crippen LogP contribution in [0.3, 0.4) is 0 Å². The van der Waals surface area contributed by atoms with E-state index in [2.05, 4.69) is 26.0 Å². The third-order valence-electron chi connectivity index (χ3n) is 7.35. The van der Waals surface area contributed by atoms with Crippen molar-refractivity contribution in [1.82, 2.24) is 0 Å². The van der Waals surface area contributed by atoms with Crippen molar-refractivity contribution in [2.45, 2.75) is 110 Å². The molecule has 1 N–H and O–H groups in total. The maximum absolute atomic E-state index is 10.2. The lowest BCUT2D eigenvalue weighted by Gasteiger charge is -2.12. The fraction of sp³-hybridized carbons (Fsp3) is 0.760. The number of hydrogen-bond acceptors (Lipinski definition) is 1. The Morgan fingerprint density at radius 1 is 0.846 bits per heavy atom. The number of aromatic hydroxyl groups is 1. The number of unbranched alkanes of at least 4 members (excludes halogenated alkanes) is 4. The summed E-state index contributed by atoms with van der Waals surface area (Å²) in [5.41, 5.74) is 4.02. The van der Waals surface area contributed by atoms with Crippen LogP contribution in [0.2, 0.25) is 0 Å². The molecule has 2 fully saturated rings. The predicted octanol–water partition coefficient (Wildman–Crippen LogP) is 7.59. The van der Waals surface area contributed by atoms with Gasteiger partial charge in [0, 0.05) is 0 Å². The lowest BCUT2D eigenvalue weighted by Crippen LogP contribution is -1.97. The first-order valence-corrected chi connectivity index (χ1v) is 11.4. The van der Waals surface area contributed by atoms with Gasteiger partial charge < -0.3 is 5.11 Å². The molecule has 0 spiro atoms. The Balaban J connectivity index is 1.31. The number of benzene rings is 1. The van der Waals surface area contributed by atoms with Crippen LogP contribution in [0.5, 0.6) is 5.75 Å². The normalized spacial score (nSPS) is 19.5. The van der Waals surface area contributed by atoms with Crippen molar-refractivity contribution in [3.05, 3.63) is 29.3 Å². The molecule has 0 aromatic heterocycles. The first-order valence-electron chi connectivity index (χ1n) is 11.4. The Hall–Kier alpha value is -0.980. The molecule has 0 saturated heterocycles. The van der Waals surface area contributed by atoms with Crippen LogP contribution in [-0.2, 0) is 12.8 Å². The van der Waals surface area contributed by atoms with Crippen molar-refractivity contribution < 1.29 is 5.11 Å². The molecule has 26 heavy (non-hydrogen) atoms. The standard InChI is InChI=1S/C25H40O/c1-3-25(18-19-25)15-8-5-4-6-10-21-12-13-23(26)22(20-21)11-7-9-14-24(2)16-17-24/h12-13,20,26H,3-11,14-19H2,1-2H3. The van der Waals surface area contributed by atoms with Gasteiger partial charge in [0.2, 0.25) is 0 Å². The molecular weight excluding hydrogens is 316 g/mol. The van der Waals surface area contributed by atoms with Crippen LogP contribution in [0.15, 0.2) is 18.2 Å². The molecule has 0 unspecified atom stereocenters. The molecule has 1 nitrogen and oxygen atoms in total. The zero-order valence-corrected chi connectivity index (χ0v) is 17.3. The Labute approximate surface area is 161 Å². The lowest BCUT2D eigenvalue weighted by atomic mass is 9.94. The number of rotatable bonds is 13. The maximum atomic E-state index is 10.2. The topological polar surface area (TPSA) is 20.2 Å². The van der Waals surface area contributed by atoms with Gasteiger partial charge >= 0.3 is 0 Å². The summed E-state index contributed by atoms with van der Waals surface area (Å²) >= 11 is 0. The van der Waals surface area contributed by atoms with E-state index in [4.69, 9.17) is 0 Å². The number of aryl methyl sites for hydroxylation is 2. The highest BCUT2D eigenvalue weighted by atomic mass is 16.3. The van der Waals surface area contributed by atoms with Crippen molar-refractivity contribution in [2.24, 2.45) is 10.8 Å². The van der Waals surface area contributed by atoms with Crippen molar-refractivity contribution in [3.63, 3.8) is 0 Å². The molecule has 0 aliphatic heterocycles. The highest BCUT2D eigenvalue weighted by Crippen LogP contribution is 2.52. The summed E-state index contributed by atoms with van der Waals surface area (Å²) in [4.78, 5) is 0. The summed E-state index contributed by atoms with van der Waals surface area (Å²) in [5.74, 6) is 0.501. The quantitative estimate of drug-likeness (QED) is 0.361. The molecule has 1 aromatic rings. The second kappa shape index (κ2) is 8.81. The smallest absolute Gasteiger partial charge is 0.118 e. The van der Waals surface area contributed by atoms with E-state index in [0.717, 1.165) is 11.8 Å². The molecule has 0 amide bonds. The monoisotopic (exact) mass is 356 g/mol. The van der Waals surface area contributed by atoms with E-state index in [1.54, 1.807) is 0 Å². The highest BCUT2D eigenvalue weighted by molar-refractivity contribution is 5.36. The fourth-order valence-electron chi connectivity index (χ4n) is 4.46. The van der Waals surface area contributed by atoms with E-state index in [0.29, 0.717) is 11.2 Å². The molecule has 2 aliphatic rings. The average Bonchev–Trinajstić information content (AvgIpc) is 3.56. The van der Waals surface area contributed by atoms with Gasteiger partial charge in [-0.25, -0.2) is 0 Å². The Kier molecular flexibility index (Phi) is 6.70. The summed E-state index contributed by atoms with van der Waals surface area (Å²) in [6.45, 7) is 4.78. The first kappa shape index (κ1) is 19.8. The summed E-state index contributed by atoms with van der Waals surface area (Å²) in [6, 6.07) is 6.32. The maximum Gasteiger partial charge on any atom is 0.118 e. The Bertz CT molecular complexity index is 566. The van der Waals surface area contributed by atoms with E-state index >= 15 is 0 Å². The minimum absolute atomic E-state index is 0.501. The van der Waals surface area contributed by atoms with Crippen LogP contribution in [-0.4, -0.2) is 5.11 Å². The molecule has 0 bridgehead atoms. The number of hydrogen-bond donors (Lipinski definition) is 1. The van der Waals surface area contributed by atoms with Crippen LogP contribution >= 0.6 is 0 Å². The molecule has 1 aromatic carbocycles. The SMILES string of the molecule is CCC1(CCCCCCc2ccc(O)c(CCCCC3(C)CC3)c2)CC1. The van der Waals surface area contributed by atoms with Gasteiger partial charge in [0.25, 0.3) is 0 Å². The molecular formula is C25H40O. The van der Waals surface area contributed by atoms with E-state index in [-0.39, 0.29) is 0 Å². The van der Waals surface area contributed by atoms with Crippen molar-refractivity contribution in [2.75, 3.05) is 0 Å². The number of phenols is 1.